The zero-order valence-electron chi connectivity index (χ0n) is 15.3. The van der Waals surface area contributed by atoms with Gasteiger partial charge >= 0.3 is 0 Å². The van der Waals surface area contributed by atoms with Crippen molar-refractivity contribution in [2.45, 2.75) is 13.1 Å². The SMILES string of the molecule is O=Cc1cc2c3c(c1)nc(-c1cc4ccccc4n1CC1COC1)n3CCO2. The summed E-state index contributed by atoms with van der Waals surface area (Å²) in [5.74, 6) is 2.19. The van der Waals surface area contributed by atoms with Crippen LogP contribution in [-0.2, 0) is 17.8 Å². The highest BCUT2D eigenvalue weighted by Crippen LogP contribution is 2.37. The van der Waals surface area contributed by atoms with E-state index in [-0.39, 0.29) is 0 Å². The molecule has 0 bridgehead atoms. The number of hydrogen-bond donors (Lipinski definition) is 0. The van der Waals surface area contributed by atoms with Crippen LogP contribution in [0.3, 0.4) is 0 Å². The van der Waals surface area contributed by atoms with E-state index in [0.717, 1.165) is 60.9 Å². The lowest BCUT2D eigenvalue weighted by Gasteiger charge is -2.27. The Hall–Kier alpha value is -3.12. The Morgan fingerprint density at radius 3 is 2.89 bits per heavy atom. The molecule has 6 nitrogen and oxygen atoms in total. The monoisotopic (exact) mass is 373 g/mol. The lowest BCUT2D eigenvalue weighted by molar-refractivity contribution is -0.0387. The molecule has 1 fully saturated rings. The van der Waals surface area contributed by atoms with E-state index in [4.69, 9.17) is 14.5 Å². The summed E-state index contributed by atoms with van der Waals surface area (Å²) in [5.41, 5.74) is 4.68. The molecule has 4 aromatic rings. The standard InChI is InChI=1S/C22H19N3O3/c26-11-14-7-17-21-20(8-14)28-6-5-24(21)22(23-17)19-9-16-3-1-2-4-18(16)25(19)10-15-12-27-13-15/h1-4,7-9,11,15H,5-6,10,12-13H2. The van der Waals surface area contributed by atoms with Gasteiger partial charge in [0.2, 0.25) is 0 Å². The zero-order chi connectivity index (χ0) is 18.7. The van der Waals surface area contributed by atoms with Crippen LogP contribution < -0.4 is 4.74 Å². The molecule has 2 aliphatic heterocycles. The summed E-state index contributed by atoms with van der Waals surface area (Å²) in [5, 5.41) is 1.21. The van der Waals surface area contributed by atoms with E-state index in [9.17, 15) is 4.79 Å². The van der Waals surface area contributed by atoms with Crippen molar-refractivity contribution in [1.29, 1.82) is 0 Å². The summed E-state index contributed by atoms with van der Waals surface area (Å²) in [6, 6.07) is 14.3. The van der Waals surface area contributed by atoms with Crippen LogP contribution >= 0.6 is 0 Å². The largest absolute Gasteiger partial charge is 0.489 e. The number of carbonyl (C=O) groups is 1. The highest BCUT2D eigenvalue weighted by atomic mass is 16.5. The van der Waals surface area contributed by atoms with Crippen LogP contribution in [0.2, 0.25) is 0 Å². The molecule has 4 heterocycles. The van der Waals surface area contributed by atoms with E-state index in [1.54, 1.807) is 6.07 Å². The number of fused-ring (bicyclic) bond motifs is 1. The van der Waals surface area contributed by atoms with Crippen molar-refractivity contribution in [1.82, 2.24) is 14.1 Å². The fourth-order valence-corrected chi connectivity index (χ4v) is 4.33. The number of hydrogen-bond acceptors (Lipinski definition) is 4. The molecule has 6 heteroatoms. The zero-order valence-corrected chi connectivity index (χ0v) is 15.3. The highest BCUT2D eigenvalue weighted by Gasteiger charge is 2.26. The number of aromatic nitrogens is 3. The molecular weight excluding hydrogens is 354 g/mol. The van der Waals surface area contributed by atoms with Crippen LogP contribution in [0.5, 0.6) is 5.75 Å². The van der Waals surface area contributed by atoms with Crippen molar-refractivity contribution in [2.24, 2.45) is 5.92 Å². The number of carbonyl (C=O) groups excluding carboxylic acids is 1. The van der Waals surface area contributed by atoms with Crippen molar-refractivity contribution in [3.63, 3.8) is 0 Å². The molecule has 2 aliphatic rings. The van der Waals surface area contributed by atoms with Gasteiger partial charge in [0.05, 0.1) is 31.0 Å². The van der Waals surface area contributed by atoms with Crippen molar-refractivity contribution >= 4 is 28.2 Å². The van der Waals surface area contributed by atoms with Crippen LogP contribution in [0.15, 0.2) is 42.5 Å². The molecule has 0 saturated carbocycles. The van der Waals surface area contributed by atoms with Crippen molar-refractivity contribution in [3.8, 4) is 17.3 Å². The number of nitrogens with zero attached hydrogens (tertiary/aromatic N) is 3. The summed E-state index contributed by atoms with van der Waals surface area (Å²) in [7, 11) is 0. The van der Waals surface area contributed by atoms with Crippen molar-refractivity contribution < 1.29 is 14.3 Å². The van der Waals surface area contributed by atoms with Crippen molar-refractivity contribution in [2.75, 3.05) is 19.8 Å². The lowest BCUT2D eigenvalue weighted by atomic mass is 10.1. The maximum absolute atomic E-state index is 11.3. The molecule has 2 aromatic carbocycles. The second-order valence-electron chi connectivity index (χ2n) is 7.54. The first-order valence-corrected chi connectivity index (χ1v) is 9.60. The third kappa shape index (κ3) is 2.24. The number of para-hydroxylation sites is 1. The van der Waals surface area contributed by atoms with Gasteiger partial charge in [0.1, 0.15) is 24.2 Å². The molecule has 0 atom stereocenters. The molecule has 2 aromatic heterocycles. The minimum absolute atomic E-state index is 0.529. The Morgan fingerprint density at radius 2 is 2.07 bits per heavy atom. The van der Waals surface area contributed by atoms with Gasteiger partial charge in [-0.1, -0.05) is 18.2 Å². The molecule has 0 spiro atoms. The smallest absolute Gasteiger partial charge is 0.158 e. The number of aldehydes is 1. The number of ether oxygens (including phenoxy) is 2. The molecule has 0 unspecified atom stereocenters. The molecule has 0 radical (unpaired) electrons. The van der Waals surface area contributed by atoms with Crippen LogP contribution in [-0.4, -0.2) is 40.2 Å². The first kappa shape index (κ1) is 15.9. The molecule has 0 N–H and O–H groups in total. The maximum Gasteiger partial charge on any atom is 0.158 e. The van der Waals surface area contributed by atoms with E-state index in [0.29, 0.717) is 18.1 Å². The first-order valence-electron chi connectivity index (χ1n) is 9.60. The third-order valence-electron chi connectivity index (χ3n) is 5.73. The molecule has 1 saturated heterocycles. The first-order chi connectivity index (χ1) is 13.8. The highest BCUT2D eigenvalue weighted by molar-refractivity contribution is 5.93. The molecule has 140 valence electrons. The second kappa shape index (κ2) is 5.94. The average Bonchev–Trinajstić information content (AvgIpc) is 3.24. The predicted molar refractivity (Wildman–Crippen MR) is 106 cm³/mol. The predicted octanol–water partition coefficient (Wildman–Crippen LogP) is 3.51. The van der Waals surface area contributed by atoms with Crippen LogP contribution in [0, 0.1) is 5.92 Å². The molecule has 6 rings (SSSR count). The third-order valence-corrected chi connectivity index (χ3v) is 5.73. The molecule has 0 amide bonds. The molecule has 28 heavy (non-hydrogen) atoms. The maximum atomic E-state index is 11.3. The number of rotatable bonds is 4. The fourth-order valence-electron chi connectivity index (χ4n) is 4.33. The van der Waals surface area contributed by atoms with Gasteiger partial charge < -0.3 is 18.6 Å². The van der Waals surface area contributed by atoms with Crippen LogP contribution in [0.1, 0.15) is 10.4 Å². The van der Waals surface area contributed by atoms with Gasteiger partial charge in [-0.3, -0.25) is 4.79 Å². The van der Waals surface area contributed by atoms with Crippen molar-refractivity contribution in [3.05, 3.63) is 48.0 Å². The Bertz CT molecular complexity index is 1230. The van der Waals surface area contributed by atoms with Gasteiger partial charge in [0.25, 0.3) is 0 Å². The van der Waals surface area contributed by atoms with Gasteiger partial charge in [0, 0.05) is 28.9 Å². The summed E-state index contributed by atoms with van der Waals surface area (Å²) in [6.45, 7) is 3.85. The average molecular weight is 373 g/mol. The van der Waals surface area contributed by atoms with E-state index in [1.807, 2.05) is 6.07 Å². The van der Waals surface area contributed by atoms with Gasteiger partial charge in [0.15, 0.2) is 5.82 Å². The van der Waals surface area contributed by atoms with E-state index in [2.05, 4.69) is 39.5 Å². The summed E-state index contributed by atoms with van der Waals surface area (Å²) in [4.78, 5) is 16.3. The minimum Gasteiger partial charge on any atom is -0.489 e. The Labute approximate surface area is 161 Å². The summed E-state index contributed by atoms with van der Waals surface area (Å²) >= 11 is 0. The van der Waals surface area contributed by atoms with Gasteiger partial charge in [-0.2, -0.15) is 0 Å². The van der Waals surface area contributed by atoms with Crippen LogP contribution in [0.25, 0.3) is 33.5 Å². The van der Waals surface area contributed by atoms with Gasteiger partial charge in [-0.25, -0.2) is 4.98 Å². The Morgan fingerprint density at radius 1 is 1.18 bits per heavy atom. The normalized spacial score (nSPS) is 16.3. The quantitative estimate of drug-likeness (QED) is 0.514. The lowest BCUT2D eigenvalue weighted by Crippen LogP contribution is -2.31. The topological polar surface area (TPSA) is 58.3 Å². The minimum atomic E-state index is 0.529. The molecule has 0 aliphatic carbocycles. The van der Waals surface area contributed by atoms with Gasteiger partial charge in [-0.05, 0) is 24.3 Å². The number of imidazole rings is 1. The second-order valence-corrected chi connectivity index (χ2v) is 7.54. The fraction of sp³-hybridized carbons (Fsp3) is 0.273. The number of benzene rings is 2. The van der Waals surface area contributed by atoms with Crippen LogP contribution in [0.4, 0.5) is 0 Å². The Kier molecular flexibility index (Phi) is 3.37. The summed E-state index contributed by atoms with van der Waals surface area (Å²) in [6.07, 6.45) is 0.847. The van der Waals surface area contributed by atoms with E-state index >= 15 is 0 Å². The molecular formula is C22H19N3O3. The van der Waals surface area contributed by atoms with E-state index in [1.165, 1.54) is 10.9 Å². The summed E-state index contributed by atoms with van der Waals surface area (Å²) < 4.78 is 15.8. The van der Waals surface area contributed by atoms with E-state index < -0.39 is 0 Å². The van der Waals surface area contributed by atoms with Gasteiger partial charge in [-0.15, -0.1) is 0 Å². The Balaban J connectivity index is 1.61.